The van der Waals surface area contributed by atoms with Crippen LogP contribution in [0.1, 0.15) is 19.1 Å². The van der Waals surface area contributed by atoms with Gasteiger partial charge in [-0.2, -0.15) is 0 Å². The SMILES string of the molecule is CCOC(=O)CCN(Cc1ccco1)C(=O)Nc1ccc(OC)cc1OC. The van der Waals surface area contributed by atoms with Crippen molar-refractivity contribution < 1.29 is 28.2 Å². The predicted molar refractivity (Wildman–Crippen MR) is 98.9 cm³/mol. The van der Waals surface area contributed by atoms with E-state index in [2.05, 4.69) is 5.32 Å². The van der Waals surface area contributed by atoms with E-state index in [1.165, 1.54) is 18.3 Å². The van der Waals surface area contributed by atoms with Crippen molar-refractivity contribution in [2.24, 2.45) is 0 Å². The zero-order valence-corrected chi connectivity index (χ0v) is 15.7. The lowest BCUT2D eigenvalue weighted by Crippen LogP contribution is -2.36. The van der Waals surface area contributed by atoms with Gasteiger partial charge in [-0.25, -0.2) is 4.79 Å². The third-order valence-corrected chi connectivity index (χ3v) is 3.76. The van der Waals surface area contributed by atoms with Crippen molar-refractivity contribution in [1.82, 2.24) is 4.90 Å². The molecule has 27 heavy (non-hydrogen) atoms. The summed E-state index contributed by atoms with van der Waals surface area (Å²) in [5.74, 6) is 1.32. The van der Waals surface area contributed by atoms with Crippen LogP contribution in [0, 0.1) is 0 Å². The van der Waals surface area contributed by atoms with Gasteiger partial charge in [0.05, 0.1) is 45.7 Å². The van der Waals surface area contributed by atoms with E-state index in [0.29, 0.717) is 29.6 Å². The molecule has 0 unspecified atom stereocenters. The number of carbonyl (C=O) groups excluding carboxylic acids is 2. The monoisotopic (exact) mass is 376 g/mol. The summed E-state index contributed by atoms with van der Waals surface area (Å²) in [6.07, 6.45) is 1.62. The highest BCUT2D eigenvalue weighted by molar-refractivity contribution is 5.91. The summed E-state index contributed by atoms with van der Waals surface area (Å²) < 4.78 is 20.7. The molecule has 1 heterocycles. The molecule has 8 heteroatoms. The molecule has 1 aromatic carbocycles. The number of nitrogens with zero attached hydrogens (tertiary/aromatic N) is 1. The predicted octanol–water partition coefficient (Wildman–Crippen LogP) is 3.28. The molecule has 146 valence electrons. The molecule has 8 nitrogen and oxygen atoms in total. The number of hydrogen-bond donors (Lipinski definition) is 1. The summed E-state index contributed by atoms with van der Waals surface area (Å²) in [6, 6.07) is 8.19. The van der Waals surface area contributed by atoms with Crippen LogP contribution in [0.25, 0.3) is 0 Å². The molecule has 0 saturated carbocycles. The number of amides is 2. The first kappa shape index (κ1) is 20.2. The van der Waals surface area contributed by atoms with Gasteiger partial charge in [-0.05, 0) is 31.2 Å². The Kier molecular flexibility index (Phi) is 7.54. The fraction of sp³-hybridized carbons (Fsp3) is 0.368. The van der Waals surface area contributed by atoms with Crippen molar-refractivity contribution in [3.05, 3.63) is 42.4 Å². The van der Waals surface area contributed by atoms with Crippen LogP contribution in [-0.4, -0.2) is 44.3 Å². The average Bonchev–Trinajstić information content (AvgIpc) is 3.18. The van der Waals surface area contributed by atoms with E-state index in [9.17, 15) is 9.59 Å². The fourth-order valence-corrected chi connectivity index (χ4v) is 2.40. The summed E-state index contributed by atoms with van der Waals surface area (Å²) in [5, 5.41) is 2.79. The zero-order valence-electron chi connectivity index (χ0n) is 15.7. The number of furan rings is 1. The highest BCUT2D eigenvalue weighted by atomic mass is 16.5. The molecule has 2 amide bonds. The third-order valence-electron chi connectivity index (χ3n) is 3.76. The number of ether oxygens (including phenoxy) is 3. The van der Waals surface area contributed by atoms with Crippen LogP contribution in [0.2, 0.25) is 0 Å². The lowest BCUT2D eigenvalue weighted by atomic mass is 10.2. The van der Waals surface area contributed by atoms with Gasteiger partial charge in [0, 0.05) is 12.6 Å². The lowest BCUT2D eigenvalue weighted by molar-refractivity contribution is -0.143. The van der Waals surface area contributed by atoms with Gasteiger partial charge < -0.3 is 28.8 Å². The number of esters is 1. The number of nitrogens with one attached hydrogen (secondary N) is 1. The highest BCUT2D eigenvalue weighted by Gasteiger charge is 2.19. The Balaban J connectivity index is 2.11. The molecule has 0 saturated heterocycles. The Morgan fingerprint density at radius 1 is 1.19 bits per heavy atom. The normalized spacial score (nSPS) is 10.2. The lowest BCUT2D eigenvalue weighted by Gasteiger charge is -2.22. The molecule has 0 spiro atoms. The van der Waals surface area contributed by atoms with E-state index in [-0.39, 0.29) is 31.5 Å². The van der Waals surface area contributed by atoms with Crippen LogP contribution in [0.15, 0.2) is 41.0 Å². The molecule has 2 aromatic rings. The van der Waals surface area contributed by atoms with Crippen LogP contribution in [0.5, 0.6) is 11.5 Å². The van der Waals surface area contributed by atoms with Crippen LogP contribution in [0.3, 0.4) is 0 Å². The van der Waals surface area contributed by atoms with Crippen molar-refractivity contribution in [2.75, 3.05) is 32.7 Å². The van der Waals surface area contributed by atoms with E-state index in [1.54, 1.807) is 44.4 Å². The largest absolute Gasteiger partial charge is 0.497 e. The first-order chi connectivity index (χ1) is 13.1. The van der Waals surface area contributed by atoms with Crippen LogP contribution in [-0.2, 0) is 16.1 Å². The Morgan fingerprint density at radius 2 is 2.00 bits per heavy atom. The van der Waals surface area contributed by atoms with Gasteiger partial charge in [0.25, 0.3) is 0 Å². The van der Waals surface area contributed by atoms with Crippen molar-refractivity contribution in [2.45, 2.75) is 19.9 Å². The Labute approximate surface area is 158 Å². The van der Waals surface area contributed by atoms with Gasteiger partial charge in [-0.15, -0.1) is 0 Å². The van der Waals surface area contributed by atoms with E-state index in [0.717, 1.165) is 0 Å². The van der Waals surface area contributed by atoms with E-state index in [4.69, 9.17) is 18.6 Å². The van der Waals surface area contributed by atoms with Gasteiger partial charge in [0.2, 0.25) is 0 Å². The first-order valence-corrected chi connectivity index (χ1v) is 8.53. The summed E-state index contributed by atoms with van der Waals surface area (Å²) in [4.78, 5) is 25.9. The molecule has 0 aliphatic rings. The fourth-order valence-electron chi connectivity index (χ4n) is 2.40. The molecule has 0 bridgehead atoms. The van der Waals surface area contributed by atoms with Gasteiger partial charge in [-0.1, -0.05) is 0 Å². The van der Waals surface area contributed by atoms with Crippen molar-refractivity contribution in [3.63, 3.8) is 0 Å². The minimum Gasteiger partial charge on any atom is -0.497 e. The van der Waals surface area contributed by atoms with Crippen molar-refractivity contribution in [3.8, 4) is 11.5 Å². The minimum absolute atomic E-state index is 0.0850. The smallest absolute Gasteiger partial charge is 0.322 e. The quantitative estimate of drug-likeness (QED) is 0.676. The molecular formula is C19H24N2O6. The van der Waals surface area contributed by atoms with Gasteiger partial charge in [0.1, 0.15) is 17.3 Å². The number of urea groups is 1. The minimum atomic E-state index is -0.390. The maximum atomic E-state index is 12.8. The number of anilines is 1. The Morgan fingerprint density at radius 3 is 2.63 bits per heavy atom. The Hall–Kier alpha value is -3.16. The van der Waals surface area contributed by atoms with E-state index < -0.39 is 0 Å². The van der Waals surface area contributed by atoms with Crippen LogP contribution >= 0.6 is 0 Å². The number of hydrogen-bond acceptors (Lipinski definition) is 6. The number of rotatable bonds is 9. The zero-order chi connectivity index (χ0) is 19.6. The number of methoxy groups -OCH3 is 2. The van der Waals surface area contributed by atoms with Gasteiger partial charge in [0.15, 0.2) is 0 Å². The van der Waals surface area contributed by atoms with Gasteiger partial charge in [-0.3, -0.25) is 4.79 Å². The van der Waals surface area contributed by atoms with Crippen LogP contribution < -0.4 is 14.8 Å². The molecule has 0 radical (unpaired) electrons. The van der Waals surface area contributed by atoms with Crippen LogP contribution in [0.4, 0.5) is 10.5 Å². The van der Waals surface area contributed by atoms with E-state index >= 15 is 0 Å². The first-order valence-electron chi connectivity index (χ1n) is 8.53. The summed E-state index contributed by atoms with van der Waals surface area (Å²) in [5.41, 5.74) is 0.490. The number of benzene rings is 1. The molecule has 0 atom stereocenters. The average molecular weight is 376 g/mol. The second-order valence-electron chi connectivity index (χ2n) is 5.55. The molecular weight excluding hydrogens is 352 g/mol. The molecule has 1 aromatic heterocycles. The summed E-state index contributed by atoms with van der Waals surface area (Å²) in [6.45, 7) is 2.44. The molecule has 2 rings (SSSR count). The molecule has 1 N–H and O–H groups in total. The second kappa shape index (κ2) is 10.1. The maximum absolute atomic E-state index is 12.8. The third kappa shape index (κ3) is 5.95. The van der Waals surface area contributed by atoms with Gasteiger partial charge >= 0.3 is 12.0 Å². The molecule has 0 fully saturated rings. The molecule has 0 aliphatic carbocycles. The Bertz CT molecular complexity index is 745. The van der Waals surface area contributed by atoms with Crippen molar-refractivity contribution in [1.29, 1.82) is 0 Å². The van der Waals surface area contributed by atoms with Crippen molar-refractivity contribution >= 4 is 17.7 Å². The highest BCUT2D eigenvalue weighted by Crippen LogP contribution is 2.29. The molecule has 0 aliphatic heterocycles. The number of carbonyl (C=O) groups is 2. The topological polar surface area (TPSA) is 90.2 Å². The standard InChI is InChI=1S/C19H24N2O6/c1-4-26-18(22)9-10-21(13-15-6-5-11-27-15)19(23)20-16-8-7-14(24-2)12-17(16)25-3/h5-8,11-12H,4,9-10,13H2,1-3H3,(H,20,23). The second-order valence-corrected chi connectivity index (χ2v) is 5.55. The summed E-state index contributed by atoms with van der Waals surface area (Å²) >= 11 is 0. The van der Waals surface area contributed by atoms with E-state index in [1.807, 2.05) is 0 Å². The summed E-state index contributed by atoms with van der Waals surface area (Å²) in [7, 11) is 3.05. The maximum Gasteiger partial charge on any atom is 0.322 e.